The van der Waals surface area contributed by atoms with Crippen molar-refractivity contribution in [2.24, 2.45) is 5.41 Å². The summed E-state index contributed by atoms with van der Waals surface area (Å²) in [5, 5.41) is 0.127. The van der Waals surface area contributed by atoms with Gasteiger partial charge >= 0.3 is 0 Å². The third kappa shape index (κ3) is 2.21. The van der Waals surface area contributed by atoms with E-state index < -0.39 is 5.82 Å². The zero-order valence-corrected chi connectivity index (χ0v) is 12.5. The third-order valence-corrected chi connectivity index (χ3v) is 4.65. The van der Waals surface area contributed by atoms with Gasteiger partial charge in [-0.15, -0.1) is 0 Å². The summed E-state index contributed by atoms with van der Waals surface area (Å²) in [5.74, 6) is -0.394. The largest absolute Gasteiger partial charge is 0.331 e. The van der Waals surface area contributed by atoms with Crippen LogP contribution >= 0.6 is 23.8 Å². The number of aromatic amines is 1. The molecule has 0 bridgehead atoms. The van der Waals surface area contributed by atoms with Crippen molar-refractivity contribution in [2.45, 2.75) is 39.2 Å². The molecule has 1 fully saturated rings. The summed E-state index contributed by atoms with van der Waals surface area (Å²) in [6.07, 6.45) is 3.32. The Hall–Kier alpha value is -0.870. The molecule has 1 aliphatic rings. The first kappa shape index (κ1) is 13.1. The van der Waals surface area contributed by atoms with E-state index in [-0.39, 0.29) is 5.02 Å². The summed E-state index contributed by atoms with van der Waals surface area (Å²) < 4.78 is 16.4. The number of nitrogens with one attached hydrogen (secondary N) is 1. The van der Waals surface area contributed by atoms with Crippen molar-refractivity contribution in [3.8, 4) is 0 Å². The molecule has 0 saturated heterocycles. The highest BCUT2D eigenvalue weighted by Gasteiger charge is 2.33. The van der Waals surface area contributed by atoms with E-state index in [9.17, 15) is 4.39 Å². The third-order valence-electron chi connectivity index (χ3n) is 4.07. The fourth-order valence-electron chi connectivity index (χ4n) is 3.10. The lowest BCUT2D eigenvalue weighted by Crippen LogP contribution is -2.09. The highest BCUT2D eigenvalue weighted by molar-refractivity contribution is 7.71. The Morgan fingerprint density at radius 3 is 2.84 bits per heavy atom. The lowest BCUT2D eigenvalue weighted by molar-refractivity contribution is 0.360. The van der Waals surface area contributed by atoms with Crippen LogP contribution < -0.4 is 0 Å². The van der Waals surface area contributed by atoms with Gasteiger partial charge in [-0.1, -0.05) is 25.4 Å². The summed E-state index contributed by atoms with van der Waals surface area (Å²) in [5.41, 5.74) is 1.95. The molecule has 1 atom stereocenters. The van der Waals surface area contributed by atoms with Crippen LogP contribution in [0.5, 0.6) is 0 Å². The maximum atomic E-state index is 13.7. The maximum Gasteiger partial charge on any atom is 0.178 e. The Morgan fingerprint density at radius 2 is 2.21 bits per heavy atom. The lowest BCUT2D eigenvalue weighted by Gasteiger charge is -2.18. The van der Waals surface area contributed by atoms with Gasteiger partial charge in [0.2, 0.25) is 0 Å². The molecule has 1 heterocycles. The van der Waals surface area contributed by atoms with Crippen molar-refractivity contribution in [1.29, 1.82) is 0 Å². The van der Waals surface area contributed by atoms with Crippen molar-refractivity contribution in [3.05, 3.63) is 27.7 Å². The van der Waals surface area contributed by atoms with Crippen LogP contribution in [0.1, 0.15) is 39.2 Å². The number of fused-ring (bicyclic) bond motifs is 1. The number of benzene rings is 1. The molecule has 0 radical (unpaired) electrons. The van der Waals surface area contributed by atoms with Gasteiger partial charge < -0.3 is 9.55 Å². The summed E-state index contributed by atoms with van der Waals surface area (Å²) in [4.78, 5) is 3.13. The molecule has 1 N–H and O–H groups in total. The molecule has 102 valence electrons. The van der Waals surface area contributed by atoms with Crippen molar-refractivity contribution in [1.82, 2.24) is 9.55 Å². The number of nitrogens with zero attached hydrogens (tertiary/aromatic N) is 1. The van der Waals surface area contributed by atoms with E-state index in [0.717, 1.165) is 23.9 Å². The van der Waals surface area contributed by atoms with Gasteiger partial charge in [0, 0.05) is 12.1 Å². The smallest absolute Gasteiger partial charge is 0.178 e. The maximum absolute atomic E-state index is 13.7. The first-order chi connectivity index (χ1) is 8.87. The van der Waals surface area contributed by atoms with Gasteiger partial charge in [-0.2, -0.15) is 0 Å². The van der Waals surface area contributed by atoms with Gasteiger partial charge in [-0.25, -0.2) is 4.39 Å². The molecule has 1 unspecified atom stereocenters. The van der Waals surface area contributed by atoms with Crippen LogP contribution in [0.4, 0.5) is 4.39 Å². The van der Waals surface area contributed by atoms with E-state index in [4.69, 9.17) is 23.8 Å². The molecule has 2 nitrogen and oxygen atoms in total. The van der Waals surface area contributed by atoms with E-state index >= 15 is 0 Å². The van der Waals surface area contributed by atoms with Gasteiger partial charge in [0.05, 0.1) is 16.1 Å². The first-order valence-electron chi connectivity index (χ1n) is 6.47. The van der Waals surface area contributed by atoms with E-state index in [0.29, 0.717) is 16.2 Å². The van der Waals surface area contributed by atoms with Gasteiger partial charge in [-0.05, 0) is 43.0 Å². The Bertz CT molecular complexity index is 701. The number of hydrogen-bond donors (Lipinski definition) is 1. The zero-order valence-electron chi connectivity index (χ0n) is 11.0. The molecule has 1 saturated carbocycles. The van der Waals surface area contributed by atoms with E-state index in [1.807, 2.05) is 0 Å². The van der Waals surface area contributed by atoms with E-state index in [1.54, 1.807) is 6.07 Å². The van der Waals surface area contributed by atoms with Crippen molar-refractivity contribution in [3.63, 3.8) is 0 Å². The number of aromatic nitrogens is 2. The molecule has 0 spiro atoms. The Morgan fingerprint density at radius 1 is 1.47 bits per heavy atom. The minimum Gasteiger partial charge on any atom is -0.331 e. The summed E-state index contributed by atoms with van der Waals surface area (Å²) in [6, 6.07) is 3.44. The Balaban J connectivity index is 2.16. The van der Waals surface area contributed by atoms with Crippen LogP contribution in [0.3, 0.4) is 0 Å². The standard InChI is InChI=1S/C14H16ClFN2S/c1-14(2)4-3-8(7-14)18-12-6-10(16)9(15)5-11(12)17-13(18)19/h5-6,8H,3-4,7H2,1-2H3,(H,17,19). The van der Waals surface area contributed by atoms with Gasteiger partial charge in [-0.3, -0.25) is 0 Å². The van der Waals surface area contributed by atoms with Crippen LogP contribution in [-0.2, 0) is 0 Å². The van der Waals surface area contributed by atoms with Crippen molar-refractivity contribution >= 4 is 34.9 Å². The molecule has 1 aromatic heterocycles. The number of hydrogen-bond acceptors (Lipinski definition) is 1. The number of imidazole rings is 1. The van der Waals surface area contributed by atoms with Gasteiger partial charge in [0.15, 0.2) is 4.77 Å². The molecule has 0 aliphatic heterocycles. The Kier molecular flexibility index (Phi) is 2.98. The average molecular weight is 299 g/mol. The van der Waals surface area contributed by atoms with Crippen LogP contribution in [0.15, 0.2) is 12.1 Å². The van der Waals surface area contributed by atoms with Crippen LogP contribution in [0.25, 0.3) is 11.0 Å². The second-order valence-electron chi connectivity index (χ2n) is 6.14. The molecule has 1 aromatic carbocycles. The molecule has 0 amide bonds. The second-order valence-corrected chi connectivity index (χ2v) is 6.94. The highest BCUT2D eigenvalue weighted by atomic mass is 35.5. The predicted molar refractivity (Wildman–Crippen MR) is 78.8 cm³/mol. The minimum absolute atomic E-state index is 0.127. The summed E-state index contributed by atoms with van der Waals surface area (Å²) in [6.45, 7) is 4.53. The minimum atomic E-state index is -0.394. The summed E-state index contributed by atoms with van der Waals surface area (Å²) in [7, 11) is 0. The highest BCUT2D eigenvalue weighted by Crippen LogP contribution is 2.44. The average Bonchev–Trinajstić information content (AvgIpc) is 2.79. The molecule has 2 aromatic rings. The Labute approximate surface area is 121 Å². The normalized spacial score (nSPS) is 22.2. The van der Waals surface area contributed by atoms with Gasteiger partial charge in [0.25, 0.3) is 0 Å². The zero-order chi connectivity index (χ0) is 13.8. The quantitative estimate of drug-likeness (QED) is 0.714. The second kappa shape index (κ2) is 4.32. The molecule has 3 rings (SSSR count). The van der Waals surface area contributed by atoms with Crippen LogP contribution in [-0.4, -0.2) is 9.55 Å². The molecule has 5 heteroatoms. The first-order valence-corrected chi connectivity index (χ1v) is 7.25. The van der Waals surface area contributed by atoms with E-state index in [1.165, 1.54) is 12.5 Å². The van der Waals surface area contributed by atoms with Gasteiger partial charge in [0.1, 0.15) is 5.82 Å². The topological polar surface area (TPSA) is 20.7 Å². The molecular weight excluding hydrogens is 283 g/mol. The monoisotopic (exact) mass is 298 g/mol. The molecular formula is C14H16ClFN2S. The SMILES string of the molecule is CC1(C)CCC(n2c(=S)[nH]c3cc(Cl)c(F)cc32)C1. The van der Waals surface area contributed by atoms with Crippen molar-refractivity contribution in [2.75, 3.05) is 0 Å². The molecule has 1 aliphatic carbocycles. The molecule has 19 heavy (non-hydrogen) atoms. The lowest BCUT2D eigenvalue weighted by atomic mass is 9.92. The fourth-order valence-corrected chi connectivity index (χ4v) is 3.62. The van der Waals surface area contributed by atoms with E-state index in [2.05, 4.69) is 23.4 Å². The van der Waals surface area contributed by atoms with Crippen LogP contribution in [0.2, 0.25) is 5.02 Å². The summed E-state index contributed by atoms with van der Waals surface area (Å²) >= 11 is 11.2. The number of rotatable bonds is 1. The fraction of sp³-hybridized carbons (Fsp3) is 0.500. The predicted octanol–water partition coefficient (Wildman–Crippen LogP) is 5.24. The van der Waals surface area contributed by atoms with Crippen molar-refractivity contribution < 1.29 is 4.39 Å². The number of H-pyrrole nitrogens is 1. The van der Waals surface area contributed by atoms with Crippen LogP contribution in [0, 0.1) is 16.0 Å². The number of halogens is 2.